The number of amides is 1. The molecule has 7 nitrogen and oxygen atoms in total. The molecule has 1 amide bonds. The molecule has 1 aliphatic carbocycles. The van der Waals surface area contributed by atoms with Crippen LogP contribution in [-0.2, 0) is 6.54 Å². The Balaban J connectivity index is 1.32. The maximum Gasteiger partial charge on any atom is 0.274 e. The lowest BCUT2D eigenvalue weighted by molar-refractivity contribution is 0.0469. The number of nitrogens with zero attached hydrogens (tertiary/aromatic N) is 5. The van der Waals surface area contributed by atoms with Crippen LogP contribution in [0.2, 0.25) is 0 Å². The summed E-state index contributed by atoms with van der Waals surface area (Å²) in [6.45, 7) is 5.97. The van der Waals surface area contributed by atoms with Crippen LogP contribution in [0.25, 0.3) is 0 Å². The average Bonchev–Trinajstić information content (AvgIpc) is 3.52. The second-order valence-corrected chi connectivity index (χ2v) is 7.44. The molecule has 4 rings (SSSR count). The summed E-state index contributed by atoms with van der Waals surface area (Å²) in [6.07, 6.45) is 9.22. The van der Waals surface area contributed by atoms with Gasteiger partial charge in [0.15, 0.2) is 0 Å². The van der Waals surface area contributed by atoms with Gasteiger partial charge < -0.3 is 9.64 Å². The fourth-order valence-electron chi connectivity index (χ4n) is 3.36. The van der Waals surface area contributed by atoms with E-state index in [1.807, 2.05) is 17.2 Å². The van der Waals surface area contributed by atoms with Crippen LogP contribution in [0.15, 0.2) is 36.9 Å². The summed E-state index contributed by atoms with van der Waals surface area (Å²) in [5, 5.41) is 0. The monoisotopic (exact) mass is 367 g/mol. The van der Waals surface area contributed by atoms with E-state index in [1.165, 1.54) is 24.6 Å². The molecule has 1 saturated heterocycles. The smallest absolute Gasteiger partial charge is 0.274 e. The second-order valence-electron chi connectivity index (χ2n) is 7.44. The molecule has 7 heteroatoms. The third kappa shape index (κ3) is 4.60. The van der Waals surface area contributed by atoms with Crippen LogP contribution in [0.4, 0.5) is 0 Å². The molecular formula is C20H25N5O2. The minimum atomic E-state index is -0.0650. The van der Waals surface area contributed by atoms with E-state index in [-0.39, 0.29) is 11.9 Å². The number of hydrogen-bond acceptors (Lipinski definition) is 6. The number of ether oxygens (including phenoxy) is 1. The van der Waals surface area contributed by atoms with Crippen molar-refractivity contribution in [3.63, 3.8) is 0 Å². The molecule has 0 spiro atoms. The Morgan fingerprint density at radius 2 is 2.11 bits per heavy atom. The van der Waals surface area contributed by atoms with E-state index < -0.39 is 0 Å². The van der Waals surface area contributed by atoms with E-state index in [9.17, 15) is 4.79 Å². The number of rotatable bonds is 6. The summed E-state index contributed by atoms with van der Waals surface area (Å²) in [5.74, 6) is 1.09. The third-order valence-corrected chi connectivity index (χ3v) is 5.11. The Hall–Kier alpha value is -2.54. The van der Waals surface area contributed by atoms with E-state index >= 15 is 0 Å². The van der Waals surface area contributed by atoms with Gasteiger partial charge in [0.1, 0.15) is 5.69 Å². The first kappa shape index (κ1) is 17.9. The van der Waals surface area contributed by atoms with E-state index in [2.05, 4.69) is 32.8 Å². The Labute approximate surface area is 159 Å². The highest BCUT2D eigenvalue weighted by molar-refractivity contribution is 5.92. The summed E-state index contributed by atoms with van der Waals surface area (Å²) in [5.41, 5.74) is 1.57. The standard InChI is InChI=1S/C20H25N5O2/c1-15-12-24(13-17-3-2-6-21-9-17)7-8-25(15)20(26)18-10-23-19(11-22-18)27-14-16-4-5-16/h2-3,6,9-11,15-16H,4-5,7-8,12-14H2,1H3. The van der Waals surface area contributed by atoms with Crippen LogP contribution in [0.5, 0.6) is 5.88 Å². The van der Waals surface area contributed by atoms with Gasteiger partial charge in [-0.25, -0.2) is 9.97 Å². The number of carbonyl (C=O) groups excluding carboxylic acids is 1. The fourth-order valence-corrected chi connectivity index (χ4v) is 3.36. The van der Waals surface area contributed by atoms with Crippen molar-refractivity contribution < 1.29 is 9.53 Å². The normalized spacial score (nSPS) is 20.5. The molecule has 27 heavy (non-hydrogen) atoms. The Bertz CT molecular complexity index is 764. The first-order valence-corrected chi connectivity index (χ1v) is 9.56. The fraction of sp³-hybridized carbons (Fsp3) is 0.500. The molecule has 2 aromatic heterocycles. The zero-order valence-corrected chi connectivity index (χ0v) is 15.6. The van der Waals surface area contributed by atoms with Gasteiger partial charge in [0.25, 0.3) is 5.91 Å². The van der Waals surface area contributed by atoms with Crippen molar-refractivity contribution in [2.24, 2.45) is 5.92 Å². The predicted octanol–water partition coefficient (Wildman–Crippen LogP) is 2.01. The van der Waals surface area contributed by atoms with Gasteiger partial charge in [0.05, 0.1) is 19.0 Å². The van der Waals surface area contributed by atoms with Crippen molar-refractivity contribution in [2.45, 2.75) is 32.4 Å². The highest BCUT2D eigenvalue weighted by atomic mass is 16.5. The first-order valence-electron chi connectivity index (χ1n) is 9.56. The summed E-state index contributed by atoms with van der Waals surface area (Å²) in [6, 6.07) is 4.16. The van der Waals surface area contributed by atoms with Crippen molar-refractivity contribution >= 4 is 5.91 Å². The van der Waals surface area contributed by atoms with Gasteiger partial charge in [-0.3, -0.25) is 14.7 Å². The number of pyridine rings is 1. The molecule has 1 aliphatic heterocycles. The van der Waals surface area contributed by atoms with Gasteiger partial charge in [0.2, 0.25) is 5.88 Å². The van der Waals surface area contributed by atoms with E-state index in [0.29, 0.717) is 30.6 Å². The molecular weight excluding hydrogens is 342 g/mol. The van der Waals surface area contributed by atoms with Crippen molar-refractivity contribution in [3.05, 3.63) is 48.2 Å². The Morgan fingerprint density at radius 3 is 2.78 bits per heavy atom. The minimum absolute atomic E-state index is 0.0650. The molecule has 2 aromatic rings. The first-order chi connectivity index (χ1) is 13.2. The van der Waals surface area contributed by atoms with Crippen molar-refractivity contribution in [3.8, 4) is 5.88 Å². The highest BCUT2D eigenvalue weighted by Crippen LogP contribution is 2.29. The number of aromatic nitrogens is 3. The van der Waals surface area contributed by atoms with Gasteiger partial charge in [-0.15, -0.1) is 0 Å². The minimum Gasteiger partial charge on any atom is -0.476 e. The summed E-state index contributed by atoms with van der Waals surface area (Å²) in [7, 11) is 0. The van der Waals surface area contributed by atoms with Crippen LogP contribution in [0.3, 0.4) is 0 Å². The number of carbonyl (C=O) groups is 1. The van der Waals surface area contributed by atoms with Crippen molar-refractivity contribution in [1.82, 2.24) is 24.8 Å². The van der Waals surface area contributed by atoms with E-state index in [0.717, 1.165) is 19.6 Å². The maximum atomic E-state index is 12.8. The largest absolute Gasteiger partial charge is 0.476 e. The second kappa shape index (κ2) is 8.00. The zero-order chi connectivity index (χ0) is 18.6. The molecule has 1 unspecified atom stereocenters. The van der Waals surface area contributed by atoms with Crippen molar-refractivity contribution in [1.29, 1.82) is 0 Å². The van der Waals surface area contributed by atoms with Crippen LogP contribution in [0.1, 0.15) is 35.8 Å². The lowest BCUT2D eigenvalue weighted by Crippen LogP contribution is -2.53. The quantitative estimate of drug-likeness (QED) is 0.778. The lowest BCUT2D eigenvalue weighted by atomic mass is 10.1. The highest BCUT2D eigenvalue weighted by Gasteiger charge is 2.29. The Kier molecular flexibility index (Phi) is 5.29. The molecule has 2 fully saturated rings. The van der Waals surface area contributed by atoms with Gasteiger partial charge >= 0.3 is 0 Å². The molecule has 0 radical (unpaired) electrons. The molecule has 3 heterocycles. The van der Waals surface area contributed by atoms with Crippen LogP contribution < -0.4 is 4.74 Å². The zero-order valence-electron chi connectivity index (χ0n) is 15.6. The molecule has 0 N–H and O–H groups in total. The number of piperazine rings is 1. The Morgan fingerprint density at radius 1 is 1.22 bits per heavy atom. The van der Waals surface area contributed by atoms with Gasteiger partial charge in [0, 0.05) is 44.6 Å². The SMILES string of the molecule is CC1CN(Cc2cccnc2)CCN1C(=O)c1cnc(OCC2CC2)cn1. The van der Waals surface area contributed by atoms with Crippen LogP contribution in [0, 0.1) is 5.92 Å². The molecule has 0 aromatic carbocycles. The van der Waals surface area contributed by atoms with E-state index in [1.54, 1.807) is 12.4 Å². The maximum absolute atomic E-state index is 12.8. The molecule has 142 valence electrons. The average molecular weight is 367 g/mol. The molecule has 1 saturated carbocycles. The van der Waals surface area contributed by atoms with Gasteiger partial charge in [-0.2, -0.15) is 0 Å². The third-order valence-electron chi connectivity index (χ3n) is 5.11. The predicted molar refractivity (Wildman–Crippen MR) is 100 cm³/mol. The van der Waals surface area contributed by atoms with Crippen molar-refractivity contribution in [2.75, 3.05) is 26.2 Å². The topological polar surface area (TPSA) is 71.5 Å². The van der Waals surface area contributed by atoms with E-state index in [4.69, 9.17) is 4.74 Å². The molecule has 2 aliphatic rings. The summed E-state index contributed by atoms with van der Waals surface area (Å²) in [4.78, 5) is 29.7. The molecule has 0 bridgehead atoms. The van der Waals surface area contributed by atoms with Gasteiger partial charge in [-0.05, 0) is 37.3 Å². The van der Waals surface area contributed by atoms with Crippen LogP contribution >= 0.6 is 0 Å². The number of hydrogen-bond donors (Lipinski definition) is 0. The lowest BCUT2D eigenvalue weighted by Gasteiger charge is -2.39. The van der Waals surface area contributed by atoms with Crippen LogP contribution in [-0.4, -0.2) is 62.9 Å². The summed E-state index contributed by atoms with van der Waals surface area (Å²) >= 11 is 0. The van der Waals surface area contributed by atoms with Gasteiger partial charge in [-0.1, -0.05) is 6.07 Å². The molecule has 1 atom stereocenters. The summed E-state index contributed by atoms with van der Waals surface area (Å²) < 4.78 is 5.59.